The molecule has 2 aromatic heterocycles. The molecule has 6 nitrogen and oxygen atoms in total. The number of rotatable bonds is 6. The Hall–Kier alpha value is -2.21. The predicted molar refractivity (Wildman–Crippen MR) is 81.2 cm³/mol. The van der Waals surface area contributed by atoms with Gasteiger partial charge in [-0.3, -0.25) is 4.79 Å². The summed E-state index contributed by atoms with van der Waals surface area (Å²) in [5, 5.41) is 6.21. The van der Waals surface area contributed by atoms with E-state index in [1.54, 1.807) is 18.3 Å². The van der Waals surface area contributed by atoms with Crippen molar-refractivity contribution in [3.63, 3.8) is 0 Å². The molecular weight excluding hydrogens is 290 g/mol. The van der Waals surface area contributed by atoms with Crippen LogP contribution < -0.4 is 10.6 Å². The summed E-state index contributed by atoms with van der Waals surface area (Å²) in [6.07, 6.45) is 5.51. The molecule has 2 N–H and O–H groups in total. The Bertz CT molecular complexity index is 606. The predicted octanol–water partition coefficient (Wildman–Crippen LogP) is 2.28. The lowest BCUT2D eigenvalue weighted by molar-refractivity contribution is 0.0950. The summed E-state index contributed by atoms with van der Waals surface area (Å²) in [5.41, 5.74) is 1.12. The summed E-state index contributed by atoms with van der Waals surface area (Å²) < 4.78 is 0. The highest BCUT2D eigenvalue weighted by Crippen LogP contribution is 2.18. The van der Waals surface area contributed by atoms with Crippen LogP contribution in [0.3, 0.4) is 0 Å². The molecular formula is C14H16ClN5O. The average Bonchev–Trinajstić information content (AvgIpc) is 2.53. The van der Waals surface area contributed by atoms with Gasteiger partial charge in [-0.15, -0.1) is 0 Å². The number of amides is 1. The van der Waals surface area contributed by atoms with Crippen molar-refractivity contribution in [3.05, 3.63) is 47.1 Å². The molecule has 0 aliphatic carbocycles. The van der Waals surface area contributed by atoms with Crippen LogP contribution in [0.2, 0.25) is 5.02 Å². The highest BCUT2D eigenvalue weighted by Gasteiger charge is 2.12. The van der Waals surface area contributed by atoms with Gasteiger partial charge in [0.2, 0.25) is 0 Å². The first-order chi connectivity index (χ1) is 10.2. The molecule has 0 aromatic carbocycles. The molecule has 7 heteroatoms. The summed E-state index contributed by atoms with van der Waals surface area (Å²) in [5.74, 6) is 0.369. The fraction of sp³-hybridized carbons (Fsp3) is 0.286. The van der Waals surface area contributed by atoms with Gasteiger partial charge in [0.05, 0.1) is 22.8 Å². The Balaban J connectivity index is 2.04. The lowest BCUT2D eigenvalue weighted by Crippen LogP contribution is -2.24. The number of aromatic nitrogens is 3. The molecule has 2 aromatic rings. The lowest BCUT2D eigenvalue weighted by atomic mass is 10.2. The zero-order chi connectivity index (χ0) is 15.1. The van der Waals surface area contributed by atoms with E-state index in [2.05, 4.69) is 32.5 Å². The standard InChI is InChI=1S/C14H16ClN5O/c1-2-4-17-13-6-11(12(15)8-18-13)14(21)19-7-10-3-5-16-9-20-10/h3,5-6,8-9H,2,4,7H2,1H3,(H,17,18)(H,19,21). The maximum atomic E-state index is 12.2. The van der Waals surface area contributed by atoms with Gasteiger partial charge in [-0.05, 0) is 18.6 Å². The van der Waals surface area contributed by atoms with Gasteiger partial charge in [0.25, 0.3) is 5.91 Å². The maximum Gasteiger partial charge on any atom is 0.253 e. The number of anilines is 1. The number of nitrogens with one attached hydrogen (secondary N) is 2. The molecule has 0 saturated carbocycles. The summed E-state index contributed by atoms with van der Waals surface area (Å²) in [6, 6.07) is 3.38. The summed E-state index contributed by atoms with van der Waals surface area (Å²) in [6.45, 7) is 3.16. The van der Waals surface area contributed by atoms with Crippen LogP contribution >= 0.6 is 11.6 Å². The second kappa shape index (κ2) is 7.54. The highest BCUT2D eigenvalue weighted by atomic mass is 35.5. The number of carbonyl (C=O) groups is 1. The Morgan fingerprint density at radius 2 is 2.24 bits per heavy atom. The molecule has 0 fully saturated rings. The van der Waals surface area contributed by atoms with Crippen molar-refractivity contribution in [2.75, 3.05) is 11.9 Å². The Labute approximate surface area is 128 Å². The van der Waals surface area contributed by atoms with E-state index >= 15 is 0 Å². The van der Waals surface area contributed by atoms with Gasteiger partial charge >= 0.3 is 0 Å². The first-order valence-electron chi connectivity index (χ1n) is 6.63. The van der Waals surface area contributed by atoms with Crippen LogP contribution in [0, 0.1) is 0 Å². The van der Waals surface area contributed by atoms with Crippen molar-refractivity contribution in [2.24, 2.45) is 0 Å². The van der Waals surface area contributed by atoms with E-state index in [4.69, 9.17) is 11.6 Å². The van der Waals surface area contributed by atoms with Crippen molar-refractivity contribution in [3.8, 4) is 0 Å². The van der Waals surface area contributed by atoms with E-state index < -0.39 is 0 Å². The second-order valence-electron chi connectivity index (χ2n) is 4.36. The minimum atomic E-state index is -0.263. The SMILES string of the molecule is CCCNc1cc(C(=O)NCc2ccncn2)c(Cl)cn1. The van der Waals surface area contributed by atoms with Crippen molar-refractivity contribution in [1.82, 2.24) is 20.3 Å². The third kappa shape index (κ3) is 4.39. The molecule has 110 valence electrons. The topological polar surface area (TPSA) is 79.8 Å². The molecule has 0 atom stereocenters. The lowest BCUT2D eigenvalue weighted by Gasteiger charge is -2.09. The average molecular weight is 306 g/mol. The number of nitrogens with zero attached hydrogens (tertiary/aromatic N) is 3. The quantitative estimate of drug-likeness (QED) is 0.856. The van der Waals surface area contributed by atoms with E-state index in [1.165, 1.54) is 12.5 Å². The Morgan fingerprint density at radius 1 is 1.38 bits per heavy atom. The zero-order valence-corrected chi connectivity index (χ0v) is 12.4. The summed E-state index contributed by atoms with van der Waals surface area (Å²) in [4.78, 5) is 24.2. The molecule has 0 aliphatic heterocycles. The van der Waals surface area contributed by atoms with Gasteiger partial charge in [0.15, 0.2) is 0 Å². The van der Waals surface area contributed by atoms with Crippen LogP contribution in [0.5, 0.6) is 0 Å². The molecule has 2 heterocycles. The maximum absolute atomic E-state index is 12.2. The first-order valence-corrected chi connectivity index (χ1v) is 7.01. The molecule has 1 amide bonds. The molecule has 21 heavy (non-hydrogen) atoms. The first kappa shape index (κ1) is 15.2. The van der Waals surface area contributed by atoms with E-state index in [-0.39, 0.29) is 5.91 Å². The number of hydrogen-bond donors (Lipinski definition) is 2. The van der Waals surface area contributed by atoms with E-state index in [0.717, 1.165) is 18.7 Å². The van der Waals surface area contributed by atoms with Crippen LogP contribution in [-0.2, 0) is 6.54 Å². The second-order valence-corrected chi connectivity index (χ2v) is 4.77. The fourth-order valence-corrected chi connectivity index (χ4v) is 1.84. The molecule has 0 saturated heterocycles. The van der Waals surface area contributed by atoms with Crippen molar-refractivity contribution in [1.29, 1.82) is 0 Å². The molecule has 0 spiro atoms. The molecule has 0 aliphatic rings. The van der Waals surface area contributed by atoms with Crippen LogP contribution in [0.1, 0.15) is 29.4 Å². The van der Waals surface area contributed by atoms with E-state index in [9.17, 15) is 4.79 Å². The van der Waals surface area contributed by atoms with Crippen molar-refractivity contribution in [2.45, 2.75) is 19.9 Å². The van der Waals surface area contributed by atoms with Gasteiger partial charge in [0, 0.05) is 18.9 Å². The van der Waals surface area contributed by atoms with Crippen LogP contribution in [-0.4, -0.2) is 27.4 Å². The summed E-state index contributed by atoms with van der Waals surface area (Å²) in [7, 11) is 0. The third-order valence-electron chi connectivity index (χ3n) is 2.73. The smallest absolute Gasteiger partial charge is 0.253 e. The minimum Gasteiger partial charge on any atom is -0.370 e. The molecule has 0 unspecified atom stereocenters. The van der Waals surface area contributed by atoms with Crippen LogP contribution in [0.25, 0.3) is 0 Å². The van der Waals surface area contributed by atoms with Gasteiger partial charge in [0.1, 0.15) is 12.1 Å². The van der Waals surface area contributed by atoms with E-state index in [1.807, 2.05) is 0 Å². The number of hydrogen-bond acceptors (Lipinski definition) is 5. The third-order valence-corrected chi connectivity index (χ3v) is 3.03. The normalized spacial score (nSPS) is 10.2. The van der Waals surface area contributed by atoms with E-state index in [0.29, 0.717) is 22.9 Å². The molecule has 2 rings (SSSR count). The van der Waals surface area contributed by atoms with Gasteiger partial charge in [-0.1, -0.05) is 18.5 Å². The van der Waals surface area contributed by atoms with Gasteiger partial charge in [-0.2, -0.15) is 0 Å². The van der Waals surface area contributed by atoms with Crippen LogP contribution in [0.4, 0.5) is 5.82 Å². The number of pyridine rings is 1. The number of halogens is 1. The Kier molecular flexibility index (Phi) is 5.45. The Morgan fingerprint density at radius 3 is 2.95 bits per heavy atom. The largest absolute Gasteiger partial charge is 0.370 e. The monoisotopic (exact) mass is 305 g/mol. The highest BCUT2D eigenvalue weighted by molar-refractivity contribution is 6.33. The van der Waals surface area contributed by atoms with Gasteiger partial charge < -0.3 is 10.6 Å². The van der Waals surface area contributed by atoms with Crippen molar-refractivity contribution < 1.29 is 4.79 Å². The fourth-order valence-electron chi connectivity index (χ4n) is 1.65. The zero-order valence-electron chi connectivity index (χ0n) is 11.6. The van der Waals surface area contributed by atoms with Crippen LogP contribution in [0.15, 0.2) is 30.9 Å². The summed E-state index contributed by atoms with van der Waals surface area (Å²) >= 11 is 6.03. The minimum absolute atomic E-state index is 0.263. The number of carbonyl (C=O) groups excluding carboxylic acids is 1. The molecule has 0 bridgehead atoms. The van der Waals surface area contributed by atoms with Gasteiger partial charge in [-0.25, -0.2) is 15.0 Å². The molecule has 0 radical (unpaired) electrons. The van der Waals surface area contributed by atoms with Crippen molar-refractivity contribution >= 4 is 23.3 Å².